The third-order valence-corrected chi connectivity index (χ3v) is 5.21. The number of rotatable bonds is 4. The van der Waals surface area contributed by atoms with Gasteiger partial charge in [-0.25, -0.2) is 13.7 Å². The van der Waals surface area contributed by atoms with Gasteiger partial charge in [0.2, 0.25) is 0 Å². The van der Waals surface area contributed by atoms with E-state index in [4.69, 9.17) is 4.74 Å². The van der Waals surface area contributed by atoms with Crippen molar-refractivity contribution in [2.45, 2.75) is 39.1 Å². The summed E-state index contributed by atoms with van der Waals surface area (Å²) in [5.41, 5.74) is 1.44. The number of hydrogen-bond donors (Lipinski definition) is 0. The summed E-state index contributed by atoms with van der Waals surface area (Å²) in [6.07, 6.45) is -1.82. The minimum Gasteiger partial charge on any atom is -0.443 e. The minimum atomic E-state index is -4.43. The Balaban J connectivity index is 1.74. The van der Waals surface area contributed by atoms with Crippen LogP contribution in [0.25, 0.3) is 16.6 Å². The molecule has 4 rings (SSSR count). The van der Waals surface area contributed by atoms with Crippen molar-refractivity contribution in [1.29, 1.82) is 0 Å². The van der Waals surface area contributed by atoms with Gasteiger partial charge in [-0.3, -0.25) is 4.90 Å². The minimum absolute atomic E-state index is 0.120. The summed E-state index contributed by atoms with van der Waals surface area (Å²) in [5.74, 6) is -0.389. The van der Waals surface area contributed by atoms with Gasteiger partial charge >= 0.3 is 12.3 Å². The first kappa shape index (κ1) is 24.3. The van der Waals surface area contributed by atoms with Crippen LogP contribution in [-0.4, -0.2) is 21.3 Å². The SMILES string of the molecule is CC(C)(C)OC(=O)N(Cc1ccc(F)cc1)c1ccn2ncc(-c3ccc(C(F)(F)F)cc3)c2c1. The third-order valence-electron chi connectivity index (χ3n) is 5.21. The maximum absolute atomic E-state index is 13.4. The Labute approximate surface area is 199 Å². The molecule has 0 radical (unpaired) electrons. The molecule has 0 aliphatic heterocycles. The third kappa shape index (κ3) is 5.62. The topological polar surface area (TPSA) is 46.8 Å². The van der Waals surface area contributed by atoms with Crippen molar-refractivity contribution in [3.8, 4) is 11.1 Å². The van der Waals surface area contributed by atoms with Gasteiger partial charge in [-0.05, 0) is 68.3 Å². The predicted octanol–water partition coefficient (Wildman–Crippen LogP) is 7.10. The lowest BCUT2D eigenvalue weighted by Gasteiger charge is -2.27. The molecule has 0 unspecified atom stereocenters. The highest BCUT2D eigenvalue weighted by atomic mass is 19.4. The predicted molar refractivity (Wildman–Crippen MR) is 124 cm³/mol. The van der Waals surface area contributed by atoms with E-state index in [9.17, 15) is 22.4 Å². The summed E-state index contributed by atoms with van der Waals surface area (Å²) < 4.78 is 59.4. The number of anilines is 1. The Kier molecular flexibility index (Phi) is 6.27. The van der Waals surface area contributed by atoms with Crippen LogP contribution in [-0.2, 0) is 17.5 Å². The molecule has 0 spiro atoms. The Morgan fingerprint density at radius 3 is 2.26 bits per heavy atom. The molecular formula is C26H23F4N3O2. The van der Waals surface area contributed by atoms with Crippen LogP contribution in [0, 0.1) is 5.82 Å². The molecule has 9 heteroatoms. The fourth-order valence-electron chi connectivity index (χ4n) is 3.55. The van der Waals surface area contributed by atoms with Crippen molar-refractivity contribution in [2.24, 2.45) is 0 Å². The van der Waals surface area contributed by atoms with Crippen molar-refractivity contribution >= 4 is 17.3 Å². The number of halogens is 4. The molecule has 0 bridgehead atoms. The van der Waals surface area contributed by atoms with Crippen molar-refractivity contribution in [3.05, 3.63) is 90.0 Å². The van der Waals surface area contributed by atoms with Crippen LogP contribution in [0.3, 0.4) is 0 Å². The van der Waals surface area contributed by atoms with Gasteiger partial charge in [0.15, 0.2) is 0 Å². The smallest absolute Gasteiger partial charge is 0.416 e. The highest BCUT2D eigenvalue weighted by molar-refractivity contribution is 5.90. The maximum Gasteiger partial charge on any atom is 0.416 e. The molecule has 2 aromatic carbocycles. The molecule has 2 aromatic heterocycles. The molecule has 1 amide bonds. The van der Waals surface area contributed by atoms with Crippen LogP contribution in [0.5, 0.6) is 0 Å². The monoisotopic (exact) mass is 485 g/mol. The number of pyridine rings is 1. The molecule has 182 valence electrons. The Morgan fingerprint density at radius 2 is 1.66 bits per heavy atom. The van der Waals surface area contributed by atoms with Gasteiger partial charge in [0.1, 0.15) is 11.4 Å². The molecule has 0 aliphatic carbocycles. The molecule has 0 atom stereocenters. The van der Waals surface area contributed by atoms with Crippen LogP contribution in [0.2, 0.25) is 0 Å². The Morgan fingerprint density at radius 1 is 1.00 bits per heavy atom. The second kappa shape index (κ2) is 9.05. The van der Waals surface area contributed by atoms with Gasteiger partial charge in [-0.1, -0.05) is 24.3 Å². The van der Waals surface area contributed by atoms with Gasteiger partial charge in [-0.2, -0.15) is 18.3 Å². The molecule has 0 fully saturated rings. The number of amides is 1. The van der Waals surface area contributed by atoms with Crippen LogP contribution < -0.4 is 4.90 Å². The number of fused-ring (bicyclic) bond motifs is 1. The molecule has 0 N–H and O–H groups in total. The number of hydrogen-bond acceptors (Lipinski definition) is 3. The number of aromatic nitrogens is 2. The Bertz CT molecular complexity index is 1340. The van der Waals surface area contributed by atoms with Gasteiger partial charge in [0.25, 0.3) is 0 Å². The summed E-state index contributed by atoms with van der Waals surface area (Å²) in [5, 5.41) is 4.28. The van der Waals surface area contributed by atoms with E-state index in [1.54, 1.807) is 61.9 Å². The van der Waals surface area contributed by atoms with E-state index < -0.39 is 23.4 Å². The second-order valence-electron chi connectivity index (χ2n) is 9.04. The first-order chi connectivity index (χ1) is 16.4. The van der Waals surface area contributed by atoms with Crippen LogP contribution in [0.1, 0.15) is 31.9 Å². The highest BCUT2D eigenvalue weighted by Gasteiger charge is 2.30. The molecule has 35 heavy (non-hydrogen) atoms. The number of carbonyl (C=O) groups is 1. The summed E-state index contributed by atoms with van der Waals surface area (Å²) in [6.45, 7) is 5.38. The molecule has 4 aromatic rings. The van der Waals surface area contributed by atoms with Gasteiger partial charge in [0.05, 0.1) is 29.5 Å². The summed E-state index contributed by atoms with van der Waals surface area (Å²) in [6, 6.07) is 14.0. The number of carbonyl (C=O) groups excluding carboxylic acids is 1. The van der Waals surface area contributed by atoms with Crippen molar-refractivity contribution in [1.82, 2.24) is 9.61 Å². The van der Waals surface area contributed by atoms with E-state index in [0.717, 1.165) is 12.1 Å². The first-order valence-electron chi connectivity index (χ1n) is 10.8. The maximum atomic E-state index is 13.4. The zero-order valence-corrected chi connectivity index (χ0v) is 19.3. The van der Waals surface area contributed by atoms with E-state index in [1.165, 1.54) is 29.2 Å². The Hall–Kier alpha value is -3.88. The van der Waals surface area contributed by atoms with Crippen molar-refractivity contribution in [2.75, 3.05) is 4.90 Å². The van der Waals surface area contributed by atoms with Gasteiger partial charge in [-0.15, -0.1) is 0 Å². The van der Waals surface area contributed by atoms with Crippen LogP contribution in [0.15, 0.2) is 73.1 Å². The summed E-state index contributed by atoms with van der Waals surface area (Å²) in [7, 11) is 0. The number of nitrogens with zero attached hydrogens (tertiary/aromatic N) is 3. The van der Waals surface area contributed by atoms with Gasteiger partial charge in [0, 0.05) is 11.8 Å². The number of alkyl halides is 3. The number of ether oxygens (including phenoxy) is 1. The average molecular weight is 485 g/mol. The number of benzene rings is 2. The van der Waals surface area contributed by atoms with Crippen molar-refractivity contribution < 1.29 is 27.1 Å². The molecule has 0 saturated carbocycles. The second-order valence-corrected chi connectivity index (χ2v) is 9.04. The van der Waals surface area contributed by atoms with E-state index >= 15 is 0 Å². The van der Waals surface area contributed by atoms with E-state index in [-0.39, 0.29) is 12.4 Å². The fourth-order valence-corrected chi connectivity index (χ4v) is 3.55. The fraction of sp³-hybridized carbons (Fsp3) is 0.231. The summed E-state index contributed by atoms with van der Waals surface area (Å²) in [4.78, 5) is 14.5. The van der Waals surface area contributed by atoms with Crippen LogP contribution in [0.4, 0.5) is 28.0 Å². The van der Waals surface area contributed by atoms with Crippen molar-refractivity contribution in [3.63, 3.8) is 0 Å². The average Bonchev–Trinajstić information content (AvgIpc) is 3.20. The van der Waals surface area contributed by atoms with E-state index in [1.807, 2.05) is 0 Å². The highest BCUT2D eigenvalue weighted by Crippen LogP contribution is 2.33. The lowest BCUT2D eigenvalue weighted by Crippen LogP contribution is -2.36. The zero-order chi connectivity index (χ0) is 25.4. The molecule has 2 heterocycles. The molecule has 5 nitrogen and oxygen atoms in total. The normalized spacial score (nSPS) is 12.1. The van der Waals surface area contributed by atoms with E-state index in [0.29, 0.717) is 27.9 Å². The molecular weight excluding hydrogens is 462 g/mol. The van der Waals surface area contributed by atoms with Gasteiger partial charge < -0.3 is 4.74 Å². The molecule has 0 aliphatic rings. The van der Waals surface area contributed by atoms with Crippen LogP contribution >= 0.6 is 0 Å². The van der Waals surface area contributed by atoms with E-state index in [2.05, 4.69) is 5.10 Å². The quantitative estimate of drug-likeness (QED) is 0.290. The summed E-state index contributed by atoms with van der Waals surface area (Å²) >= 11 is 0. The lowest BCUT2D eigenvalue weighted by molar-refractivity contribution is -0.137. The molecule has 0 saturated heterocycles. The lowest BCUT2D eigenvalue weighted by atomic mass is 10.0. The zero-order valence-electron chi connectivity index (χ0n) is 19.3. The standard InChI is InChI=1S/C26H23F4N3O2/c1-25(2,3)35-24(34)32(16-17-4-10-20(27)11-5-17)21-12-13-33-23(14-21)22(15-31-33)18-6-8-19(9-7-18)26(28,29)30/h4-15H,16H2,1-3H3. The first-order valence-corrected chi connectivity index (χ1v) is 10.8. The largest absolute Gasteiger partial charge is 0.443 e.